The molecule has 0 aromatic heterocycles. The molecule has 0 unspecified atom stereocenters. The van der Waals surface area contributed by atoms with E-state index in [9.17, 15) is 0 Å². The van der Waals surface area contributed by atoms with Gasteiger partial charge in [0.25, 0.3) is 0 Å². The lowest BCUT2D eigenvalue weighted by Gasteiger charge is -2.37. The zero-order chi connectivity index (χ0) is 20.3. The van der Waals surface area contributed by atoms with Gasteiger partial charge in [0.2, 0.25) is 0 Å². The van der Waals surface area contributed by atoms with Crippen LogP contribution in [0.2, 0.25) is 0 Å². The van der Waals surface area contributed by atoms with E-state index < -0.39 is 0 Å². The van der Waals surface area contributed by atoms with E-state index in [1.165, 1.54) is 38.9 Å². The first-order chi connectivity index (χ1) is 14.1. The van der Waals surface area contributed by atoms with Gasteiger partial charge in [0.15, 0.2) is 0 Å². The van der Waals surface area contributed by atoms with Crippen LogP contribution in [0.25, 0.3) is 11.1 Å². The fourth-order valence-electron chi connectivity index (χ4n) is 4.48. The summed E-state index contributed by atoms with van der Waals surface area (Å²) in [5, 5.41) is 0. The van der Waals surface area contributed by atoms with Crippen molar-refractivity contribution in [2.45, 2.75) is 32.6 Å². The number of benzene rings is 4. The van der Waals surface area contributed by atoms with Crippen LogP contribution in [0.15, 0.2) is 103 Å². The van der Waals surface area contributed by atoms with E-state index >= 15 is 0 Å². The maximum Gasteiger partial charge on any atom is 0.0454 e. The third kappa shape index (κ3) is 3.51. The van der Waals surface area contributed by atoms with Gasteiger partial charge in [-0.05, 0) is 48.1 Å². The summed E-state index contributed by atoms with van der Waals surface area (Å²) in [6.07, 6.45) is 0.989. The van der Waals surface area contributed by atoms with Crippen LogP contribution in [0.4, 0.5) is 0 Å². The highest BCUT2D eigenvalue weighted by molar-refractivity contribution is 5.72. The van der Waals surface area contributed by atoms with Crippen LogP contribution in [0.1, 0.15) is 41.2 Å². The van der Waals surface area contributed by atoms with Crippen LogP contribution < -0.4 is 0 Å². The Morgan fingerprint density at radius 3 is 1.55 bits per heavy atom. The van der Waals surface area contributed by atoms with Gasteiger partial charge in [-0.15, -0.1) is 0 Å². The van der Waals surface area contributed by atoms with Gasteiger partial charge in [0, 0.05) is 5.41 Å². The topological polar surface area (TPSA) is 0 Å². The molecule has 0 N–H and O–H groups in total. The lowest BCUT2D eigenvalue weighted by molar-refractivity contribution is 0.595. The number of rotatable bonds is 5. The van der Waals surface area contributed by atoms with Gasteiger partial charge in [-0.3, -0.25) is 0 Å². The zero-order valence-corrected chi connectivity index (χ0v) is 17.5. The van der Waals surface area contributed by atoms with Gasteiger partial charge >= 0.3 is 0 Å². The summed E-state index contributed by atoms with van der Waals surface area (Å²) in [5.41, 5.74) is 9.00. The maximum absolute atomic E-state index is 2.31. The van der Waals surface area contributed by atoms with E-state index in [1.807, 2.05) is 0 Å². The minimum Gasteiger partial charge on any atom is -0.0639 e. The molecule has 0 aliphatic carbocycles. The van der Waals surface area contributed by atoms with Crippen LogP contribution in [0.3, 0.4) is 0 Å². The Bertz CT molecular complexity index is 1030. The first-order valence-electron chi connectivity index (χ1n) is 10.4. The summed E-state index contributed by atoms with van der Waals surface area (Å²) in [6.45, 7) is 6.61. The molecule has 0 fully saturated rings. The van der Waals surface area contributed by atoms with Crippen LogP contribution in [0, 0.1) is 13.8 Å². The van der Waals surface area contributed by atoms with E-state index in [-0.39, 0.29) is 5.41 Å². The zero-order valence-electron chi connectivity index (χ0n) is 17.5. The van der Waals surface area contributed by atoms with Gasteiger partial charge in [-0.2, -0.15) is 0 Å². The number of hydrogen-bond donors (Lipinski definition) is 0. The summed E-state index contributed by atoms with van der Waals surface area (Å²) in [5.74, 6) is 0. The fraction of sp³-hybridized carbons (Fsp3) is 0.172. The van der Waals surface area contributed by atoms with Gasteiger partial charge in [-0.25, -0.2) is 0 Å². The Balaban J connectivity index is 2.04. The molecule has 0 aliphatic heterocycles. The van der Waals surface area contributed by atoms with Gasteiger partial charge in [0.1, 0.15) is 0 Å². The number of hydrogen-bond acceptors (Lipinski definition) is 0. The summed E-state index contributed by atoms with van der Waals surface area (Å²) in [7, 11) is 0. The predicted octanol–water partition coefficient (Wildman–Crippen LogP) is 7.71. The third-order valence-electron chi connectivity index (χ3n) is 6.09. The van der Waals surface area contributed by atoms with Crippen molar-refractivity contribution in [3.63, 3.8) is 0 Å². The van der Waals surface area contributed by atoms with Crippen molar-refractivity contribution in [3.05, 3.63) is 131 Å². The maximum atomic E-state index is 2.31. The van der Waals surface area contributed by atoms with Gasteiger partial charge in [0.05, 0.1) is 0 Å². The Hall–Kier alpha value is -3.12. The molecule has 0 heterocycles. The van der Waals surface area contributed by atoms with Crippen molar-refractivity contribution in [1.29, 1.82) is 0 Å². The molecular weight excluding hydrogens is 348 g/mol. The minimum atomic E-state index is -0.201. The fourth-order valence-corrected chi connectivity index (χ4v) is 4.48. The lowest BCUT2D eigenvalue weighted by Crippen LogP contribution is -2.29. The molecule has 4 aromatic rings. The summed E-state index contributed by atoms with van der Waals surface area (Å²) in [4.78, 5) is 0. The van der Waals surface area contributed by atoms with E-state index in [2.05, 4.69) is 124 Å². The van der Waals surface area contributed by atoms with E-state index in [4.69, 9.17) is 0 Å². The molecule has 0 heteroatoms. The predicted molar refractivity (Wildman–Crippen MR) is 124 cm³/mol. The second-order valence-electron chi connectivity index (χ2n) is 7.90. The first kappa shape index (κ1) is 19.2. The quantitative estimate of drug-likeness (QED) is 0.313. The molecule has 29 heavy (non-hydrogen) atoms. The monoisotopic (exact) mass is 376 g/mol. The van der Waals surface area contributed by atoms with Crippen molar-refractivity contribution < 1.29 is 0 Å². The molecule has 4 rings (SSSR count). The minimum absolute atomic E-state index is 0.201. The standard InChI is InChI=1S/C29H28/c1-4-29(25-18-14-22(2)15-19-25,26-20-16-23(3)17-21-26)28-13-9-8-12-27(28)24-10-6-5-7-11-24/h5-21H,4H2,1-3H3. The highest BCUT2D eigenvalue weighted by Gasteiger charge is 2.36. The van der Waals surface area contributed by atoms with Crippen LogP contribution >= 0.6 is 0 Å². The second kappa shape index (κ2) is 8.09. The summed E-state index contributed by atoms with van der Waals surface area (Å²) in [6, 6.07) is 37.8. The number of aryl methyl sites for hydroxylation is 2. The van der Waals surface area contributed by atoms with Crippen LogP contribution in [0.5, 0.6) is 0 Å². The average Bonchev–Trinajstić information content (AvgIpc) is 2.78. The Labute approximate surface area is 174 Å². The third-order valence-corrected chi connectivity index (χ3v) is 6.09. The normalized spacial score (nSPS) is 11.4. The van der Waals surface area contributed by atoms with Crippen molar-refractivity contribution in [3.8, 4) is 11.1 Å². The molecule has 0 nitrogen and oxygen atoms in total. The lowest BCUT2D eigenvalue weighted by atomic mass is 9.65. The van der Waals surface area contributed by atoms with Crippen molar-refractivity contribution in [1.82, 2.24) is 0 Å². The summed E-state index contributed by atoms with van der Waals surface area (Å²) < 4.78 is 0. The second-order valence-corrected chi connectivity index (χ2v) is 7.90. The average molecular weight is 377 g/mol. The van der Waals surface area contributed by atoms with Crippen molar-refractivity contribution >= 4 is 0 Å². The van der Waals surface area contributed by atoms with Crippen LogP contribution in [-0.4, -0.2) is 0 Å². The molecule has 144 valence electrons. The molecule has 0 atom stereocenters. The molecule has 0 aliphatic rings. The van der Waals surface area contributed by atoms with Gasteiger partial charge < -0.3 is 0 Å². The molecule has 0 spiro atoms. The molecule has 0 saturated heterocycles. The molecule has 4 aromatic carbocycles. The molecular formula is C29H28. The van der Waals surface area contributed by atoms with Crippen LogP contribution in [-0.2, 0) is 5.41 Å². The highest BCUT2D eigenvalue weighted by atomic mass is 14.4. The molecule has 0 radical (unpaired) electrons. The van der Waals surface area contributed by atoms with Gasteiger partial charge in [-0.1, -0.05) is 121 Å². The highest BCUT2D eigenvalue weighted by Crippen LogP contribution is 2.46. The smallest absolute Gasteiger partial charge is 0.0454 e. The Morgan fingerprint density at radius 2 is 1.03 bits per heavy atom. The largest absolute Gasteiger partial charge is 0.0639 e. The SMILES string of the molecule is CCC(c1ccc(C)cc1)(c1ccc(C)cc1)c1ccccc1-c1ccccc1. The van der Waals surface area contributed by atoms with Crippen molar-refractivity contribution in [2.24, 2.45) is 0 Å². The Kier molecular flexibility index (Phi) is 5.36. The first-order valence-corrected chi connectivity index (χ1v) is 10.4. The Morgan fingerprint density at radius 1 is 0.552 bits per heavy atom. The van der Waals surface area contributed by atoms with Crippen molar-refractivity contribution in [2.75, 3.05) is 0 Å². The van der Waals surface area contributed by atoms with E-state index in [0.29, 0.717) is 0 Å². The van der Waals surface area contributed by atoms with E-state index in [1.54, 1.807) is 0 Å². The summed E-state index contributed by atoms with van der Waals surface area (Å²) >= 11 is 0. The molecule has 0 amide bonds. The molecule has 0 saturated carbocycles. The van der Waals surface area contributed by atoms with E-state index in [0.717, 1.165) is 6.42 Å². The molecule has 0 bridgehead atoms.